The van der Waals surface area contributed by atoms with Crippen LogP contribution in [0.2, 0.25) is 0 Å². The van der Waals surface area contributed by atoms with Gasteiger partial charge in [0.15, 0.2) is 6.10 Å². The van der Waals surface area contributed by atoms with Gasteiger partial charge in [-0.1, -0.05) is 35.9 Å². The summed E-state index contributed by atoms with van der Waals surface area (Å²) in [7, 11) is 0. The largest absolute Gasteiger partial charge is 0.492 e. The average Bonchev–Trinajstić information content (AvgIpc) is 2.55. The Morgan fingerprint density at radius 1 is 1.13 bits per heavy atom. The molecular weight excluding hydrogens is 290 g/mol. The molecule has 0 spiro atoms. The lowest BCUT2D eigenvalue weighted by Gasteiger charge is -2.16. The van der Waals surface area contributed by atoms with Crippen LogP contribution >= 0.6 is 0 Å². The van der Waals surface area contributed by atoms with Crippen LogP contribution in [-0.4, -0.2) is 25.2 Å². The quantitative estimate of drug-likeness (QED) is 0.798. The first-order chi connectivity index (χ1) is 11.1. The maximum atomic E-state index is 12.0. The van der Waals surface area contributed by atoms with Crippen LogP contribution in [0.5, 0.6) is 11.5 Å². The van der Waals surface area contributed by atoms with Crippen LogP contribution in [0.4, 0.5) is 0 Å². The molecule has 0 heterocycles. The van der Waals surface area contributed by atoms with Gasteiger partial charge in [-0.3, -0.25) is 4.79 Å². The van der Waals surface area contributed by atoms with Crippen LogP contribution in [0, 0.1) is 13.8 Å². The molecule has 0 radical (unpaired) electrons. The van der Waals surface area contributed by atoms with Gasteiger partial charge in [0.1, 0.15) is 18.1 Å². The van der Waals surface area contributed by atoms with E-state index in [1.165, 1.54) is 5.56 Å². The third-order valence-corrected chi connectivity index (χ3v) is 3.42. The van der Waals surface area contributed by atoms with Crippen LogP contribution in [-0.2, 0) is 4.79 Å². The van der Waals surface area contributed by atoms with Crippen LogP contribution in [0.1, 0.15) is 18.1 Å². The number of hydrogen-bond acceptors (Lipinski definition) is 3. The van der Waals surface area contributed by atoms with E-state index in [4.69, 9.17) is 9.47 Å². The Morgan fingerprint density at radius 2 is 1.87 bits per heavy atom. The fourth-order valence-electron chi connectivity index (χ4n) is 2.18. The van der Waals surface area contributed by atoms with E-state index in [-0.39, 0.29) is 5.91 Å². The molecule has 0 saturated carbocycles. The van der Waals surface area contributed by atoms with E-state index in [0.29, 0.717) is 13.2 Å². The molecule has 1 amide bonds. The molecule has 0 aliphatic carbocycles. The Morgan fingerprint density at radius 3 is 2.57 bits per heavy atom. The van der Waals surface area contributed by atoms with Crippen molar-refractivity contribution in [2.75, 3.05) is 13.2 Å². The summed E-state index contributed by atoms with van der Waals surface area (Å²) in [4.78, 5) is 12.0. The number of benzene rings is 2. The Balaban J connectivity index is 1.74. The molecule has 0 unspecified atom stereocenters. The molecule has 1 atom stereocenters. The molecule has 4 nitrogen and oxygen atoms in total. The van der Waals surface area contributed by atoms with Crippen molar-refractivity contribution in [3.8, 4) is 11.5 Å². The molecule has 1 N–H and O–H groups in total. The van der Waals surface area contributed by atoms with Crippen molar-refractivity contribution < 1.29 is 14.3 Å². The predicted molar refractivity (Wildman–Crippen MR) is 91.0 cm³/mol. The number of hydrogen-bond donors (Lipinski definition) is 1. The first-order valence-corrected chi connectivity index (χ1v) is 7.76. The lowest BCUT2D eigenvalue weighted by atomic mass is 10.1. The molecule has 2 aromatic carbocycles. The molecule has 2 aromatic rings. The first kappa shape index (κ1) is 16.9. The number of nitrogens with one attached hydrogen (secondary N) is 1. The molecule has 2 rings (SSSR count). The zero-order valence-corrected chi connectivity index (χ0v) is 13.8. The van der Waals surface area contributed by atoms with E-state index in [9.17, 15) is 4.79 Å². The van der Waals surface area contributed by atoms with Crippen LogP contribution < -0.4 is 14.8 Å². The summed E-state index contributed by atoms with van der Waals surface area (Å²) in [5.41, 5.74) is 2.20. The fraction of sp³-hybridized carbons (Fsp3) is 0.316. The van der Waals surface area contributed by atoms with E-state index >= 15 is 0 Å². The summed E-state index contributed by atoms with van der Waals surface area (Å²) < 4.78 is 11.3. The molecule has 4 heteroatoms. The van der Waals surface area contributed by atoms with Crippen molar-refractivity contribution >= 4 is 5.91 Å². The minimum Gasteiger partial charge on any atom is -0.492 e. The lowest BCUT2D eigenvalue weighted by molar-refractivity contribution is -0.127. The van der Waals surface area contributed by atoms with Gasteiger partial charge in [0, 0.05) is 0 Å². The Hall–Kier alpha value is -2.49. The third-order valence-electron chi connectivity index (χ3n) is 3.42. The van der Waals surface area contributed by atoms with Crippen molar-refractivity contribution in [3.05, 3.63) is 59.7 Å². The molecular formula is C19H23NO3. The van der Waals surface area contributed by atoms with Gasteiger partial charge in [-0.2, -0.15) is 0 Å². The Labute approximate surface area is 137 Å². The highest BCUT2D eigenvalue weighted by Gasteiger charge is 2.15. The predicted octanol–water partition coefficient (Wildman–Crippen LogP) is 3.27. The Kier molecular flexibility index (Phi) is 6.03. The topological polar surface area (TPSA) is 47.6 Å². The van der Waals surface area contributed by atoms with Crippen LogP contribution in [0.3, 0.4) is 0 Å². The smallest absolute Gasteiger partial charge is 0.260 e. The summed E-state index contributed by atoms with van der Waals surface area (Å²) in [6.45, 7) is 6.60. The molecule has 0 bridgehead atoms. The molecule has 0 saturated heterocycles. The van der Waals surface area contributed by atoms with Crippen molar-refractivity contribution in [1.29, 1.82) is 0 Å². The van der Waals surface area contributed by atoms with Gasteiger partial charge < -0.3 is 14.8 Å². The van der Waals surface area contributed by atoms with Crippen molar-refractivity contribution in [3.63, 3.8) is 0 Å². The van der Waals surface area contributed by atoms with Crippen molar-refractivity contribution in [2.45, 2.75) is 26.9 Å². The molecule has 0 aromatic heterocycles. The Bertz CT molecular complexity index is 640. The van der Waals surface area contributed by atoms with Crippen LogP contribution in [0.15, 0.2) is 48.5 Å². The second-order valence-corrected chi connectivity index (χ2v) is 5.48. The van der Waals surface area contributed by atoms with Gasteiger partial charge in [0.05, 0.1) is 6.54 Å². The maximum absolute atomic E-state index is 12.0. The molecule has 23 heavy (non-hydrogen) atoms. The van der Waals surface area contributed by atoms with Gasteiger partial charge in [-0.05, 0) is 44.5 Å². The van der Waals surface area contributed by atoms with Gasteiger partial charge >= 0.3 is 0 Å². The van der Waals surface area contributed by atoms with Crippen LogP contribution in [0.25, 0.3) is 0 Å². The van der Waals surface area contributed by atoms with Crippen molar-refractivity contribution in [2.24, 2.45) is 0 Å². The summed E-state index contributed by atoms with van der Waals surface area (Å²) in [6.07, 6.45) is -0.548. The number of amides is 1. The minimum absolute atomic E-state index is 0.151. The molecule has 0 fully saturated rings. The zero-order chi connectivity index (χ0) is 16.7. The highest BCUT2D eigenvalue weighted by molar-refractivity contribution is 5.80. The van der Waals surface area contributed by atoms with Gasteiger partial charge in [-0.25, -0.2) is 0 Å². The fourth-order valence-corrected chi connectivity index (χ4v) is 2.18. The number of aryl methyl sites for hydroxylation is 2. The summed E-state index contributed by atoms with van der Waals surface area (Å²) >= 11 is 0. The number of carbonyl (C=O) groups excluding carboxylic acids is 1. The molecule has 122 valence electrons. The average molecular weight is 313 g/mol. The van der Waals surface area contributed by atoms with E-state index in [0.717, 1.165) is 17.1 Å². The number of para-hydroxylation sites is 1. The highest BCUT2D eigenvalue weighted by Crippen LogP contribution is 2.20. The first-order valence-electron chi connectivity index (χ1n) is 7.76. The second-order valence-electron chi connectivity index (χ2n) is 5.48. The molecule has 0 aliphatic heterocycles. The van der Waals surface area contributed by atoms with E-state index in [1.54, 1.807) is 6.92 Å². The normalized spacial score (nSPS) is 11.6. The van der Waals surface area contributed by atoms with Gasteiger partial charge in [0.2, 0.25) is 0 Å². The van der Waals surface area contributed by atoms with E-state index < -0.39 is 6.10 Å². The SMILES string of the molecule is Cc1ccc(O[C@H](C)C(=O)NCCOc2ccccc2)c(C)c1. The summed E-state index contributed by atoms with van der Waals surface area (Å²) in [6, 6.07) is 15.4. The maximum Gasteiger partial charge on any atom is 0.260 e. The number of carbonyl (C=O) groups is 1. The summed E-state index contributed by atoms with van der Waals surface area (Å²) in [5, 5.41) is 2.81. The number of rotatable bonds is 7. The highest BCUT2D eigenvalue weighted by atomic mass is 16.5. The third kappa shape index (κ3) is 5.33. The van der Waals surface area contributed by atoms with E-state index in [1.807, 2.05) is 62.4 Å². The standard InChI is InChI=1S/C19H23NO3/c1-14-9-10-18(15(2)13-14)23-16(3)19(21)20-11-12-22-17-7-5-4-6-8-17/h4-10,13,16H,11-12H2,1-3H3,(H,20,21)/t16-/m1/s1. The van der Waals surface area contributed by atoms with E-state index in [2.05, 4.69) is 5.32 Å². The lowest BCUT2D eigenvalue weighted by Crippen LogP contribution is -2.38. The monoisotopic (exact) mass is 313 g/mol. The van der Waals surface area contributed by atoms with Gasteiger partial charge in [0.25, 0.3) is 5.91 Å². The van der Waals surface area contributed by atoms with Crippen molar-refractivity contribution in [1.82, 2.24) is 5.32 Å². The van der Waals surface area contributed by atoms with Gasteiger partial charge in [-0.15, -0.1) is 0 Å². The molecule has 0 aliphatic rings. The summed E-state index contributed by atoms with van der Waals surface area (Å²) in [5.74, 6) is 1.38. The second kappa shape index (κ2) is 8.22. The number of ether oxygens (including phenoxy) is 2. The minimum atomic E-state index is -0.548. The zero-order valence-electron chi connectivity index (χ0n) is 13.8.